The van der Waals surface area contributed by atoms with Crippen molar-refractivity contribution >= 4 is 17.3 Å². The topological polar surface area (TPSA) is 77.2 Å². The van der Waals surface area contributed by atoms with E-state index in [-0.39, 0.29) is 12.2 Å². The van der Waals surface area contributed by atoms with Gasteiger partial charge in [-0.2, -0.15) is 0 Å². The van der Waals surface area contributed by atoms with Gasteiger partial charge in [-0.15, -0.1) is 0 Å². The highest BCUT2D eigenvalue weighted by Crippen LogP contribution is 2.41. The van der Waals surface area contributed by atoms with E-state index in [4.69, 9.17) is 31.5 Å². The predicted molar refractivity (Wildman–Crippen MR) is 113 cm³/mol. The van der Waals surface area contributed by atoms with Crippen molar-refractivity contribution in [2.75, 3.05) is 39.1 Å². The lowest BCUT2D eigenvalue weighted by Gasteiger charge is -2.39. The fourth-order valence-electron chi connectivity index (χ4n) is 4.13. The number of methoxy groups -OCH3 is 1. The van der Waals surface area contributed by atoms with E-state index in [9.17, 15) is 5.11 Å². The van der Waals surface area contributed by atoms with Crippen molar-refractivity contribution in [2.45, 2.75) is 31.0 Å². The SMILES string of the molecule is COc1ccc(N)c(OC[C@@H](O)CN2CCC3(CC2)Cc2cc(Cl)ccc2O3)c1. The standard InChI is InChI=1S/C22H27ClN2O4/c1-27-18-3-4-19(24)21(11-18)28-14-17(26)13-25-8-6-22(7-9-25)12-15-10-16(23)2-5-20(15)29-22/h2-5,10-11,17,26H,6-9,12-14,24H2,1H3/t17-/m0/s1. The molecule has 0 bridgehead atoms. The summed E-state index contributed by atoms with van der Waals surface area (Å²) in [6.07, 6.45) is 2.15. The number of halogens is 1. The fraction of sp³-hybridized carbons (Fsp3) is 0.455. The number of nitrogen functional groups attached to an aromatic ring is 1. The van der Waals surface area contributed by atoms with Crippen molar-refractivity contribution in [3.8, 4) is 17.2 Å². The number of rotatable bonds is 6. The summed E-state index contributed by atoms with van der Waals surface area (Å²) in [6, 6.07) is 11.1. The summed E-state index contributed by atoms with van der Waals surface area (Å²) < 4.78 is 17.2. The van der Waals surface area contributed by atoms with Crippen LogP contribution in [0.2, 0.25) is 5.02 Å². The maximum atomic E-state index is 10.4. The Morgan fingerprint density at radius 3 is 2.79 bits per heavy atom. The maximum absolute atomic E-state index is 10.4. The van der Waals surface area contributed by atoms with Crippen LogP contribution < -0.4 is 19.9 Å². The molecule has 1 saturated heterocycles. The van der Waals surface area contributed by atoms with Crippen LogP contribution in [0.5, 0.6) is 17.2 Å². The summed E-state index contributed by atoms with van der Waals surface area (Å²) in [6.45, 7) is 2.48. The summed E-state index contributed by atoms with van der Waals surface area (Å²) >= 11 is 6.11. The zero-order valence-electron chi connectivity index (χ0n) is 16.6. The Labute approximate surface area is 176 Å². The van der Waals surface area contributed by atoms with Crippen LogP contribution in [-0.2, 0) is 6.42 Å². The van der Waals surface area contributed by atoms with Gasteiger partial charge in [-0.05, 0) is 35.9 Å². The van der Waals surface area contributed by atoms with Crippen LogP contribution in [0.1, 0.15) is 18.4 Å². The molecule has 2 aromatic rings. The Balaban J connectivity index is 1.26. The number of anilines is 1. The minimum absolute atomic E-state index is 0.139. The smallest absolute Gasteiger partial charge is 0.146 e. The van der Waals surface area contributed by atoms with Crippen molar-refractivity contribution in [1.29, 1.82) is 0 Å². The number of hydrogen-bond donors (Lipinski definition) is 2. The van der Waals surface area contributed by atoms with Crippen molar-refractivity contribution < 1.29 is 19.3 Å². The lowest BCUT2D eigenvalue weighted by Crippen LogP contribution is -2.49. The molecule has 0 radical (unpaired) electrons. The first-order valence-electron chi connectivity index (χ1n) is 9.90. The largest absolute Gasteiger partial charge is 0.497 e. The van der Waals surface area contributed by atoms with E-state index in [1.54, 1.807) is 25.3 Å². The minimum Gasteiger partial charge on any atom is -0.497 e. The van der Waals surface area contributed by atoms with Gasteiger partial charge in [0.05, 0.1) is 12.8 Å². The van der Waals surface area contributed by atoms with E-state index >= 15 is 0 Å². The third kappa shape index (κ3) is 4.55. The summed E-state index contributed by atoms with van der Waals surface area (Å²) in [4.78, 5) is 2.26. The first-order valence-corrected chi connectivity index (χ1v) is 10.3. The third-order valence-corrected chi connectivity index (χ3v) is 5.98. The first kappa shape index (κ1) is 20.1. The second kappa shape index (κ2) is 8.30. The van der Waals surface area contributed by atoms with Crippen molar-refractivity contribution in [3.05, 3.63) is 47.0 Å². The maximum Gasteiger partial charge on any atom is 0.146 e. The minimum atomic E-state index is -0.602. The number of benzene rings is 2. The molecule has 0 saturated carbocycles. The zero-order chi connectivity index (χ0) is 20.4. The van der Waals surface area contributed by atoms with Gasteiger partial charge in [0.2, 0.25) is 0 Å². The van der Waals surface area contributed by atoms with Crippen LogP contribution in [-0.4, -0.2) is 55.1 Å². The molecule has 3 N–H and O–H groups in total. The molecule has 1 spiro atoms. The Bertz CT molecular complexity index is 868. The van der Waals surface area contributed by atoms with Crippen LogP contribution in [0.3, 0.4) is 0 Å². The molecular formula is C22H27ClN2O4. The molecule has 0 aliphatic carbocycles. The molecule has 1 fully saturated rings. The van der Waals surface area contributed by atoms with Crippen LogP contribution in [0.4, 0.5) is 5.69 Å². The summed E-state index contributed by atoms with van der Waals surface area (Å²) in [5.41, 5.74) is 7.51. The average Bonchev–Trinajstić information content (AvgIpc) is 3.06. The van der Waals surface area contributed by atoms with Gasteiger partial charge in [0.15, 0.2) is 0 Å². The van der Waals surface area contributed by atoms with Crippen molar-refractivity contribution in [3.63, 3.8) is 0 Å². The first-order chi connectivity index (χ1) is 14.0. The molecule has 2 aromatic carbocycles. The number of nitrogens with zero attached hydrogens (tertiary/aromatic N) is 1. The van der Waals surface area contributed by atoms with E-state index in [1.807, 2.05) is 18.2 Å². The molecule has 2 aliphatic heterocycles. The highest BCUT2D eigenvalue weighted by molar-refractivity contribution is 6.30. The number of nitrogens with two attached hydrogens (primary N) is 1. The van der Waals surface area contributed by atoms with E-state index in [2.05, 4.69) is 4.90 Å². The number of hydrogen-bond acceptors (Lipinski definition) is 6. The van der Waals surface area contributed by atoms with E-state index in [0.717, 1.165) is 43.1 Å². The summed E-state index contributed by atoms with van der Waals surface area (Å²) in [5.74, 6) is 2.15. The number of aliphatic hydroxyl groups is 1. The van der Waals surface area contributed by atoms with E-state index in [1.165, 1.54) is 5.56 Å². The van der Waals surface area contributed by atoms with Gasteiger partial charge in [0, 0.05) is 50.0 Å². The van der Waals surface area contributed by atoms with Gasteiger partial charge in [0.1, 0.15) is 35.6 Å². The molecule has 0 aromatic heterocycles. The van der Waals surface area contributed by atoms with Crippen LogP contribution in [0.15, 0.2) is 36.4 Å². The zero-order valence-corrected chi connectivity index (χ0v) is 17.3. The van der Waals surface area contributed by atoms with Crippen LogP contribution in [0.25, 0.3) is 0 Å². The second-order valence-electron chi connectivity index (χ2n) is 7.88. The lowest BCUT2D eigenvalue weighted by molar-refractivity contribution is -0.00192. The molecule has 6 nitrogen and oxygen atoms in total. The van der Waals surface area contributed by atoms with Crippen LogP contribution in [0, 0.1) is 0 Å². The molecule has 7 heteroatoms. The van der Waals surface area contributed by atoms with Crippen LogP contribution >= 0.6 is 11.6 Å². The molecule has 0 unspecified atom stereocenters. The van der Waals surface area contributed by atoms with Crippen molar-refractivity contribution in [2.24, 2.45) is 0 Å². The van der Waals surface area contributed by atoms with Gasteiger partial charge in [-0.3, -0.25) is 0 Å². The molecule has 1 atom stereocenters. The highest BCUT2D eigenvalue weighted by atomic mass is 35.5. The molecule has 156 valence electrons. The van der Waals surface area contributed by atoms with Gasteiger partial charge in [-0.25, -0.2) is 0 Å². The predicted octanol–water partition coefficient (Wildman–Crippen LogP) is 3.14. The summed E-state index contributed by atoms with van der Waals surface area (Å²) in [5, 5.41) is 11.2. The van der Waals surface area contributed by atoms with Gasteiger partial charge >= 0.3 is 0 Å². The number of piperidine rings is 1. The van der Waals surface area contributed by atoms with E-state index < -0.39 is 6.10 Å². The molecule has 0 amide bonds. The summed E-state index contributed by atoms with van der Waals surface area (Å²) in [7, 11) is 1.59. The van der Waals surface area contributed by atoms with Crippen molar-refractivity contribution in [1.82, 2.24) is 4.90 Å². The number of likely N-dealkylation sites (tertiary alicyclic amines) is 1. The Hall–Kier alpha value is -2.15. The number of aliphatic hydroxyl groups excluding tert-OH is 1. The molecule has 4 rings (SSSR count). The quantitative estimate of drug-likeness (QED) is 0.702. The Morgan fingerprint density at radius 2 is 2.03 bits per heavy atom. The highest BCUT2D eigenvalue weighted by Gasteiger charge is 2.42. The van der Waals surface area contributed by atoms with Gasteiger partial charge in [-0.1, -0.05) is 11.6 Å². The van der Waals surface area contributed by atoms with Gasteiger partial charge in [0.25, 0.3) is 0 Å². The molecule has 2 aliphatic rings. The second-order valence-corrected chi connectivity index (χ2v) is 8.32. The monoisotopic (exact) mass is 418 g/mol. The number of ether oxygens (including phenoxy) is 3. The third-order valence-electron chi connectivity index (χ3n) is 5.75. The number of fused-ring (bicyclic) bond motifs is 1. The lowest BCUT2D eigenvalue weighted by atomic mass is 9.87. The number of β-amino-alcohol motifs (C(OH)–C–C–N with tert-alkyl or cyclic N) is 1. The average molecular weight is 419 g/mol. The Morgan fingerprint density at radius 1 is 1.24 bits per heavy atom. The Kier molecular flexibility index (Phi) is 5.76. The van der Waals surface area contributed by atoms with E-state index in [0.29, 0.717) is 23.7 Å². The normalized spacial score (nSPS) is 18.9. The van der Waals surface area contributed by atoms with Gasteiger partial charge < -0.3 is 30.0 Å². The molecule has 2 heterocycles. The fourth-order valence-corrected chi connectivity index (χ4v) is 4.32. The molecule has 29 heavy (non-hydrogen) atoms. The molecular weight excluding hydrogens is 392 g/mol.